The fourth-order valence-corrected chi connectivity index (χ4v) is 2.24. The lowest BCUT2D eigenvalue weighted by Crippen LogP contribution is -2.46. The number of hydrogen-bond acceptors (Lipinski definition) is 7. The minimum atomic E-state index is 0.585. The van der Waals surface area contributed by atoms with E-state index in [9.17, 15) is 4.79 Å². The van der Waals surface area contributed by atoms with Crippen LogP contribution < -0.4 is 10.2 Å². The van der Waals surface area contributed by atoms with E-state index in [4.69, 9.17) is 0 Å². The van der Waals surface area contributed by atoms with Crippen LogP contribution in [0.4, 0.5) is 11.8 Å². The van der Waals surface area contributed by atoms with Gasteiger partial charge in [0.2, 0.25) is 12.4 Å². The Balaban J connectivity index is 1.61. The Labute approximate surface area is 128 Å². The van der Waals surface area contributed by atoms with Gasteiger partial charge in [-0.15, -0.1) is 5.10 Å². The highest BCUT2D eigenvalue weighted by Gasteiger charge is 2.18. The zero-order chi connectivity index (χ0) is 15.2. The van der Waals surface area contributed by atoms with Crippen molar-refractivity contribution < 1.29 is 4.79 Å². The second-order valence-electron chi connectivity index (χ2n) is 4.98. The molecule has 2 aromatic heterocycles. The SMILES string of the molecule is O=CN1CCN(c2nncc(NCc3cccnc3)n2)CC1. The van der Waals surface area contributed by atoms with Crippen molar-refractivity contribution in [2.75, 3.05) is 36.4 Å². The molecule has 1 aliphatic rings. The average molecular weight is 299 g/mol. The molecule has 8 nitrogen and oxygen atoms in total. The van der Waals surface area contributed by atoms with E-state index < -0.39 is 0 Å². The second-order valence-corrected chi connectivity index (χ2v) is 4.98. The fourth-order valence-electron chi connectivity index (χ4n) is 2.24. The van der Waals surface area contributed by atoms with Crippen LogP contribution in [0.25, 0.3) is 0 Å². The Bertz CT molecular complexity index is 614. The number of piperazine rings is 1. The molecular weight excluding hydrogens is 282 g/mol. The van der Waals surface area contributed by atoms with Crippen molar-refractivity contribution in [3.8, 4) is 0 Å². The molecule has 2 aromatic rings. The van der Waals surface area contributed by atoms with Crippen LogP contribution in [-0.4, -0.2) is 57.7 Å². The quantitative estimate of drug-likeness (QED) is 0.787. The molecule has 1 saturated heterocycles. The number of carbonyl (C=O) groups excluding carboxylic acids is 1. The molecule has 3 heterocycles. The maximum atomic E-state index is 10.7. The summed E-state index contributed by atoms with van der Waals surface area (Å²) in [4.78, 5) is 23.0. The van der Waals surface area contributed by atoms with Crippen molar-refractivity contribution in [2.45, 2.75) is 6.54 Å². The molecule has 22 heavy (non-hydrogen) atoms. The van der Waals surface area contributed by atoms with E-state index in [0.29, 0.717) is 44.5 Å². The lowest BCUT2D eigenvalue weighted by Gasteiger charge is -2.32. The van der Waals surface area contributed by atoms with Gasteiger partial charge >= 0.3 is 0 Å². The molecular formula is C14H17N7O. The minimum Gasteiger partial charge on any atom is -0.364 e. The molecule has 0 radical (unpaired) electrons. The van der Waals surface area contributed by atoms with Crippen molar-refractivity contribution in [2.24, 2.45) is 0 Å². The van der Waals surface area contributed by atoms with Crippen LogP contribution in [0.15, 0.2) is 30.7 Å². The Morgan fingerprint density at radius 1 is 1.23 bits per heavy atom. The van der Waals surface area contributed by atoms with E-state index in [0.717, 1.165) is 12.0 Å². The lowest BCUT2D eigenvalue weighted by molar-refractivity contribution is -0.118. The summed E-state index contributed by atoms with van der Waals surface area (Å²) in [7, 11) is 0. The topological polar surface area (TPSA) is 87.1 Å². The van der Waals surface area contributed by atoms with E-state index in [2.05, 4.69) is 25.5 Å². The Morgan fingerprint density at radius 2 is 2.09 bits per heavy atom. The summed E-state index contributed by atoms with van der Waals surface area (Å²) in [6.07, 6.45) is 6.03. The van der Waals surface area contributed by atoms with Crippen LogP contribution in [0.2, 0.25) is 0 Å². The number of nitrogens with zero attached hydrogens (tertiary/aromatic N) is 6. The third-order valence-electron chi connectivity index (χ3n) is 3.49. The summed E-state index contributed by atoms with van der Waals surface area (Å²) >= 11 is 0. The van der Waals surface area contributed by atoms with Crippen molar-refractivity contribution in [3.63, 3.8) is 0 Å². The number of aromatic nitrogens is 4. The molecule has 0 atom stereocenters. The molecule has 1 N–H and O–H groups in total. The molecule has 8 heteroatoms. The fraction of sp³-hybridized carbons (Fsp3) is 0.357. The highest BCUT2D eigenvalue weighted by Crippen LogP contribution is 2.12. The molecule has 1 aliphatic heterocycles. The van der Waals surface area contributed by atoms with Gasteiger partial charge in [-0.3, -0.25) is 9.78 Å². The van der Waals surface area contributed by atoms with Gasteiger partial charge in [0, 0.05) is 45.1 Å². The summed E-state index contributed by atoms with van der Waals surface area (Å²) in [6, 6.07) is 3.89. The molecule has 0 spiro atoms. The van der Waals surface area contributed by atoms with Gasteiger partial charge in [-0.25, -0.2) is 0 Å². The molecule has 1 fully saturated rings. The smallest absolute Gasteiger partial charge is 0.247 e. The van der Waals surface area contributed by atoms with Gasteiger partial charge in [0.1, 0.15) is 0 Å². The standard InChI is InChI=1S/C14H17N7O/c22-11-20-4-6-21(7-5-20)14-18-13(10-17-19-14)16-9-12-2-1-3-15-8-12/h1-3,8,10-11H,4-7,9H2,(H,16,18,19). The van der Waals surface area contributed by atoms with Crippen molar-refractivity contribution in [3.05, 3.63) is 36.3 Å². The van der Waals surface area contributed by atoms with Gasteiger partial charge in [0.25, 0.3) is 0 Å². The number of pyridine rings is 1. The number of rotatable bonds is 5. The number of amides is 1. The Hall–Kier alpha value is -2.77. The molecule has 0 aromatic carbocycles. The average Bonchev–Trinajstić information content (AvgIpc) is 2.61. The Kier molecular flexibility index (Phi) is 4.38. The summed E-state index contributed by atoms with van der Waals surface area (Å²) in [6.45, 7) is 3.42. The van der Waals surface area contributed by atoms with Crippen LogP contribution in [0, 0.1) is 0 Å². The molecule has 0 saturated carbocycles. The zero-order valence-corrected chi connectivity index (χ0v) is 12.1. The summed E-state index contributed by atoms with van der Waals surface area (Å²) in [5.74, 6) is 1.26. The van der Waals surface area contributed by atoms with Gasteiger partial charge in [0.05, 0.1) is 6.20 Å². The van der Waals surface area contributed by atoms with Crippen molar-refractivity contribution in [1.82, 2.24) is 25.1 Å². The van der Waals surface area contributed by atoms with Gasteiger partial charge < -0.3 is 15.1 Å². The van der Waals surface area contributed by atoms with E-state index in [1.807, 2.05) is 17.0 Å². The van der Waals surface area contributed by atoms with Crippen LogP contribution in [0.1, 0.15) is 5.56 Å². The molecule has 0 unspecified atom stereocenters. The minimum absolute atomic E-state index is 0.585. The van der Waals surface area contributed by atoms with Crippen molar-refractivity contribution >= 4 is 18.2 Å². The van der Waals surface area contributed by atoms with Crippen LogP contribution in [0.5, 0.6) is 0 Å². The monoisotopic (exact) mass is 299 g/mol. The summed E-state index contributed by atoms with van der Waals surface area (Å²) in [5, 5.41) is 11.3. The molecule has 114 valence electrons. The number of hydrogen-bond donors (Lipinski definition) is 1. The van der Waals surface area contributed by atoms with Gasteiger partial charge in [-0.05, 0) is 11.6 Å². The zero-order valence-electron chi connectivity index (χ0n) is 12.1. The summed E-state index contributed by atoms with van der Waals surface area (Å²) in [5.41, 5.74) is 1.07. The van der Waals surface area contributed by atoms with Gasteiger partial charge in [-0.1, -0.05) is 6.07 Å². The molecule has 0 bridgehead atoms. The first-order valence-corrected chi connectivity index (χ1v) is 7.12. The van der Waals surface area contributed by atoms with E-state index in [1.54, 1.807) is 23.5 Å². The maximum absolute atomic E-state index is 10.7. The van der Waals surface area contributed by atoms with Crippen molar-refractivity contribution in [1.29, 1.82) is 0 Å². The van der Waals surface area contributed by atoms with E-state index >= 15 is 0 Å². The van der Waals surface area contributed by atoms with E-state index in [-0.39, 0.29) is 0 Å². The van der Waals surface area contributed by atoms with Crippen LogP contribution in [-0.2, 0) is 11.3 Å². The first-order valence-electron chi connectivity index (χ1n) is 7.12. The van der Waals surface area contributed by atoms with Gasteiger partial charge in [0.15, 0.2) is 5.82 Å². The van der Waals surface area contributed by atoms with Crippen LogP contribution in [0.3, 0.4) is 0 Å². The third-order valence-corrected chi connectivity index (χ3v) is 3.49. The highest BCUT2D eigenvalue weighted by atomic mass is 16.1. The predicted molar refractivity (Wildman–Crippen MR) is 81.2 cm³/mol. The number of carbonyl (C=O) groups is 1. The first kappa shape index (κ1) is 14.2. The number of nitrogens with one attached hydrogen (secondary N) is 1. The second kappa shape index (κ2) is 6.79. The maximum Gasteiger partial charge on any atom is 0.247 e. The molecule has 3 rings (SSSR count). The highest BCUT2D eigenvalue weighted by molar-refractivity contribution is 5.48. The lowest BCUT2D eigenvalue weighted by atomic mass is 10.3. The molecule has 1 amide bonds. The largest absolute Gasteiger partial charge is 0.364 e. The predicted octanol–water partition coefficient (Wildman–Crippen LogP) is 0.157. The Morgan fingerprint density at radius 3 is 2.82 bits per heavy atom. The third kappa shape index (κ3) is 3.46. The molecule has 0 aliphatic carbocycles. The summed E-state index contributed by atoms with van der Waals surface area (Å²) < 4.78 is 0. The van der Waals surface area contributed by atoms with E-state index in [1.165, 1.54) is 0 Å². The normalized spacial score (nSPS) is 14.7. The number of anilines is 2. The first-order chi connectivity index (χ1) is 10.8. The van der Waals surface area contributed by atoms with Gasteiger partial charge in [-0.2, -0.15) is 10.1 Å². The van der Waals surface area contributed by atoms with Crippen LogP contribution >= 0.6 is 0 Å².